The van der Waals surface area contributed by atoms with E-state index in [1.54, 1.807) is 0 Å². The van der Waals surface area contributed by atoms with Gasteiger partial charge in [0.05, 0.1) is 0 Å². The maximum Gasteiger partial charge on any atom is 0.0340 e. The van der Waals surface area contributed by atoms with Gasteiger partial charge in [-0.15, -0.1) is 0 Å². The first-order valence-electron chi connectivity index (χ1n) is 8.55. The molecule has 1 nitrogen and oxygen atoms in total. The van der Waals surface area contributed by atoms with Crippen molar-refractivity contribution in [2.45, 2.75) is 72.1 Å². The maximum absolute atomic E-state index is 3.49. The SMILES string of the molecule is CCCCCCCCc1ccc(NCCC(C)C)cc1. The molecule has 0 saturated heterocycles. The van der Waals surface area contributed by atoms with Crippen LogP contribution in [0.3, 0.4) is 0 Å². The molecule has 114 valence electrons. The van der Waals surface area contributed by atoms with E-state index in [1.165, 1.54) is 62.6 Å². The van der Waals surface area contributed by atoms with Crippen molar-refractivity contribution in [2.75, 3.05) is 11.9 Å². The molecular weight excluding hydrogens is 242 g/mol. The lowest BCUT2D eigenvalue weighted by molar-refractivity contribution is 0.606. The maximum atomic E-state index is 3.49. The second kappa shape index (κ2) is 10.8. The van der Waals surface area contributed by atoms with Crippen LogP contribution in [0.25, 0.3) is 0 Å². The molecule has 1 aromatic rings. The number of unbranched alkanes of at least 4 members (excludes halogenated alkanes) is 5. The molecular formula is C19H33N. The molecule has 0 aliphatic rings. The molecule has 1 heteroatoms. The summed E-state index contributed by atoms with van der Waals surface area (Å²) >= 11 is 0. The summed E-state index contributed by atoms with van der Waals surface area (Å²) in [5.41, 5.74) is 2.74. The van der Waals surface area contributed by atoms with Crippen LogP contribution in [0.4, 0.5) is 5.69 Å². The number of nitrogens with one attached hydrogen (secondary N) is 1. The van der Waals surface area contributed by atoms with Crippen LogP contribution in [0.15, 0.2) is 24.3 Å². The highest BCUT2D eigenvalue weighted by Crippen LogP contribution is 2.14. The zero-order valence-corrected chi connectivity index (χ0v) is 13.8. The lowest BCUT2D eigenvalue weighted by Gasteiger charge is -2.09. The van der Waals surface area contributed by atoms with E-state index in [1.807, 2.05) is 0 Å². The zero-order chi connectivity index (χ0) is 14.6. The summed E-state index contributed by atoms with van der Waals surface area (Å²) in [4.78, 5) is 0. The van der Waals surface area contributed by atoms with Crippen LogP contribution in [0, 0.1) is 5.92 Å². The third-order valence-electron chi connectivity index (χ3n) is 3.82. The monoisotopic (exact) mass is 275 g/mol. The van der Waals surface area contributed by atoms with Crippen LogP contribution in [0.5, 0.6) is 0 Å². The van der Waals surface area contributed by atoms with E-state index in [-0.39, 0.29) is 0 Å². The van der Waals surface area contributed by atoms with Gasteiger partial charge < -0.3 is 5.32 Å². The Morgan fingerprint density at radius 2 is 1.55 bits per heavy atom. The average Bonchev–Trinajstić information content (AvgIpc) is 2.44. The lowest BCUT2D eigenvalue weighted by atomic mass is 10.0. The minimum Gasteiger partial charge on any atom is -0.385 e. The first kappa shape index (κ1) is 17.1. The molecule has 0 amide bonds. The van der Waals surface area contributed by atoms with Crippen LogP contribution in [-0.2, 0) is 6.42 Å². The fourth-order valence-corrected chi connectivity index (χ4v) is 2.40. The number of anilines is 1. The van der Waals surface area contributed by atoms with Crippen molar-refractivity contribution in [2.24, 2.45) is 5.92 Å². The molecule has 0 unspecified atom stereocenters. The molecule has 1 rings (SSSR count). The van der Waals surface area contributed by atoms with Crippen molar-refractivity contribution in [3.05, 3.63) is 29.8 Å². The Kier molecular flexibility index (Phi) is 9.19. The predicted octanol–water partition coefficient (Wildman–Crippen LogP) is 6.05. The molecule has 0 heterocycles. The molecule has 0 aliphatic heterocycles. The van der Waals surface area contributed by atoms with Gasteiger partial charge in [0, 0.05) is 12.2 Å². The molecule has 0 fully saturated rings. The Bertz CT molecular complexity index is 326. The summed E-state index contributed by atoms with van der Waals surface area (Å²) < 4.78 is 0. The van der Waals surface area contributed by atoms with Gasteiger partial charge >= 0.3 is 0 Å². The fraction of sp³-hybridized carbons (Fsp3) is 0.684. The molecule has 0 atom stereocenters. The summed E-state index contributed by atoms with van der Waals surface area (Å²) in [6.45, 7) is 7.89. The van der Waals surface area contributed by atoms with E-state index in [0.29, 0.717) is 0 Å². The second-order valence-electron chi connectivity index (χ2n) is 6.32. The van der Waals surface area contributed by atoms with Crippen LogP contribution in [0.1, 0.15) is 71.3 Å². The van der Waals surface area contributed by atoms with Crippen molar-refractivity contribution in [1.82, 2.24) is 0 Å². The fourth-order valence-electron chi connectivity index (χ4n) is 2.40. The van der Waals surface area contributed by atoms with Crippen molar-refractivity contribution < 1.29 is 0 Å². The molecule has 1 N–H and O–H groups in total. The predicted molar refractivity (Wildman–Crippen MR) is 91.5 cm³/mol. The lowest BCUT2D eigenvalue weighted by Crippen LogP contribution is -2.04. The van der Waals surface area contributed by atoms with Crippen LogP contribution < -0.4 is 5.32 Å². The zero-order valence-electron chi connectivity index (χ0n) is 13.8. The average molecular weight is 275 g/mol. The Hall–Kier alpha value is -0.980. The van der Waals surface area contributed by atoms with Crippen molar-refractivity contribution >= 4 is 5.69 Å². The number of rotatable bonds is 11. The summed E-state index contributed by atoms with van der Waals surface area (Å²) in [6.07, 6.45) is 10.7. The molecule has 0 bridgehead atoms. The topological polar surface area (TPSA) is 12.0 Å². The largest absolute Gasteiger partial charge is 0.385 e. The summed E-state index contributed by atoms with van der Waals surface area (Å²) in [6, 6.07) is 9.02. The quantitative estimate of drug-likeness (QED) is 0.485. The minimum absolute atomic E-state index is 0.773. The van der Waals surface area contributed by atoms with Gasteiger partial charge in [-0.1, -0.05) is 65.0 Å². The van der Waals surface area contributed by atoms with Crippen LogP contribution >= 0.6 is 0 Å². The van der Waals surface area contributed by atoms with E-state index in [9.17, 15) is 0 Å². The standard InChI is InChI=1S/C19H33N/c1-4-5-6-7-8-9-10-18-11-13-19(14-12-18)20-16-15-17(2)3/h11-14,17,20H,4-10,15-16H2,1-3H3. The third kappa shape index (κ3) is 8.24. The first-order valence-corrected chi connectivity index (χ1v) is 8.55. The number of hydrogen-bond acceptors (Lipinski definition) is 1. The summed E-state index contributed by atoms with van der Waals surface area (Å²) in [5, 5.41) is 3.49. The highest BCUT2D eigenvalue weighted by atomic mass is 14.9. The molecule has 0 aliphatic carbocycles. The van der Waals surface area contributed by atoms with E-state index < -0.39 is 0 Å². The van der Waals surface area contributed by atoms with E-state index in [0.717, 1.165) is 12.5 Å². The molecule has 20 heavy (non-hydrogen) atoms. The second-order valence-corrected chi connectivity index (χ2v) is 6.32. The Balaban J connectivity index is 2.15. The number of hydrogen-bond donors (Lipinski definition) is 1. The van der Waals surface area contributed by atoms with Crippen LogP contribution in [0.2, 0.25) is 0 Å². The smallest absolute Gasteiger partial charge is 0.0340 e. The Labute approximate surface area is 126 Å². The van der Waals surface area contributed by atoms with Crippen molar-refractivity contribution in [3.63, 3.8) is 0 Å². The Morgan fingerprint density at radius 1 is 0.900 bits per heavy atom. The number of benzene rings is 1. The van der Waals surface area contributed by atoms with Gasteiger partial charge in [0.25, 0.3) is 0 Å². The highest BCUT2D eigenvalue weighted by molar-refractivity contribution is 5.44. The van der Waals surface area contributed by atoms with E-state index >= 15 is 0 Å². The highest BCUT2D eigenvalue weighted by Gasteiger charge is 1.97. The first-order chi connectivity index (χ1) is 9.72. The van der Waals surface area contributed by atoms with Gasteiger partial charge in [0.15, 0.2) is 0 Å². The van der Waals surface area contributed by atoms with Gasteiger partial charge in [-0.2, -0.15) is 0 Å². The Morgan fingerprint density at radius 3 is 2.20 bits per heavy atom. The molecule has 0 radical (unpaired) electrons. The summed E-state index contributed by atoms with van der Waals surface area (Å²) in [5.74, 6) is 0.773. The van der Waals surface area contributed by atoms with E-state index in [2.05, 4.69) is 50.4 Å². The van der Waals surface area contributed by atoms with Gasteiger partial charge in [-0.05, 0) is 42.9 Å². The molecule has 1 aromatic carbocycles. The molecule has 0 saturated carbocycles. The van der Waals surface area contributed by atoms with Crippen molar-refractivity contribution in [3.8, 4) is 0 Å². The van der Waals surface area contributed by atoms with Gasteiger partial charge in [0.1, 0.15) is 0 Å². The van der Waals surface area contributed by atoms with Gasteiger partial charge in [0.2, 0.25) is 0 Å². The van der Waals surface area contributed by atoms with Crippen LogP contribution in [-0.4, -0.2) is 6.54 Å². The normalized spacial score (nSPS) is 11.0. The molecule has 0 spiro atoms. The van der Waals surface area contributed by atoms with Gasteiger partial charge in [-0.25, -0.2) is 0 Å². The van der Waals surface area contributed by atoms with Crippen molar-refractivity contribution in [1.29, 1.82) is 0 Å². The summed E-state index contributed by atoms with van der Waals surface area (Å²) in [7, 11) is 0. The van der Waals surface area contributed by atoms with E-state index in [4.69, 9.17) is 0 Å². The van der Waals surface area contributed by atoms with Gasteiger partial charge in [-0.3, -0.25) is 0 Å². The molecule has 0 aromatic heterocycles. The third-order valence-corrected chi connectivity index (χ3v) is 3.82. The number of aryl methyl sites for hydroxylation is 1. The minimum atomic E-state index is 0.773.